The van der Waals surface area contributed by atoms with Crippen LogP contribution in [0.5, 0.6) is 0 Å². The second kappa shape index (κ2) is 7.10. The molecule has 0 saturated carbocycles. The Kier molecular flexibility index (Phi) is 5.32. The first-order valence-corrected chi connectivity index (χ1v) is 9.46. The Hall–Kier alpha value is -2.61. The highest BCUT2D eigenvalue weighted by Gasteiger charge is 2.17. The van der Waals surface area contributed by atoms with Crippen LogP contribution in [0.1, 0.15) is 44.7 Å². The zero-order valence-electron chi connectivity index (χ0n) is 14.1. The van der Waals surface area contributed by atoms with Crippen molar-refractivity contribution >= 4 is 21.7 Å². The molecule has 0 aliphatic carbocycles. The molecule has 8 heteroatoms. The van der Waals surface area contributed by atoms with Gasteiger partial charge in [0.05, 0.1) is 11.4 Å². The van der Waals surface area contributed by atoms with E-state index in [9.17, 15) is 18.0 Å². The lowest BCUT2D eigenvalue weighted by molar-refractivity contribution is 0.0694. The monoisotopic (exact) mass is 365 g/mol. The number of aromatic carboxylic acids is 1. The predicted octanol–water partition coefficient (Wildman–Crippen LogP) is 2.18. The Morgan fingerprint density at radius 3 is 2.44 bits per heavy atom. The molecule has 7 nitrogen and oxygen atoms in total. The number of nitrogens with one attached hydrogen (secondary N) is 1. The van der Waals surface area contributed by atoms with Crippen molar-refractivity contribution in [3.05, 3.63) is 52.5 Å². The van der Waals surface area contributed by atoms with Gasteiger partial charge in [0.1, 0.15) is 17.1 Å². The lowest BCUT2D eigenvalue weighted by Crippen LogP contribution is -2.23. The minimum atomic E-state index is -3.44. The van der Waals surface area contributed by atoms with Gasteiger partial charge in [0.25, 0.3) is 5.91 Å². The van der Waals surface area contributed by atoms with Crippen molar-refractivity contribution in [3.8, 4) is 0 Å². The van der Waals surface area contributed by atoms with Crippen LogP contribution in [0.25, 0.3) is 0 Å². The number of hydrogen-bond donors (Lipinski definition) is 2. The van der Waals surface area contributed by atoms with E-state index in [1.54, 1.807) is 12.1 Å². The Morgan fingerprint density at radius 2 is 1.92 bits per heavy atom. The van der Waals surface area contributed by atoms with Crippen LogP contribution in [-0.4, -0.2) is 31.7 Å². The van der Waals surface area contributed by atoms with Crippen LogP contribution >= 0.6 is 0 Å². The van der Waals surface area contributed by atoms with Crippen LogP contribution in [0, 0.1) is 6.92 Å². The molecule has 0 unspecified atom stereocenters. The van der Waals surface area contributed by atoms with E-state index in [-0.39, 0.29) is 28.3 Å². The Morgan fingerprint density at radius 1 is 1.24 bits per heavy atom. The van der Waals surface area contributed by atoms with Crippen molar-refractivity contribution in [1.29, 1.82) is 0 Å². The number of carboxylic acid groups (broad SMARTS) is 1. The van der Waals surface area contributed by atoms with Crippen LogP contribution in [0.4, 0.5) is 0 Å². The maximum absolute atomic E-state index is 12.3. The third-order valence-corrected chi connectivity index (χ3v) is 4.91. The molecule has 2 N–H and O–H groups in total. The number of amides is 1. The normalized spacial score (nSPS) is 11.3. The molecule has 0 radical (unpaired) electrons. The van der Waals surface area contributed by atoms with Gasteiger partial charge in [0.2, 0.25) is 0 Å². The van der Waals surface area contributed by atoms with Crippen LogP contribution in [-0.2, 0) is 22.8 Å². The van der Waals surface area contributed by atoms with Gasteiger partial charge >= 0.3 is 5.97 Å². The molecule has 0 saturated heterocycles. The average molecular weight is 365 g/mol. The molecular formula is C17H19NO6S. The van der Waals surface area contributed by atoms with Gasteiger partial charge in [-0.05, 0) is 37.1 Å². The summed E-state index contributed by atoms with van der Waals surface area (Å²) >= 11 is 0. The van der Waals surface area contributed by atoms with E-state index in [1.807, 2.05) is 6.92 Å². The van der Waals surface area contributed by atoms with Crippen molar-refractivity contribution in [3.63, 3.8) is 0 Å². The van der Waals surface area contributed by atoms with Crippen LogP contribution in [0.15, 0.2) is 33.6 Å². The summed E-state index contributed by atoms with van der Waals surface area (Å²) in [4.78, 5) is 23.4. The molecule has 1 aromatic carbocycles. The smallest absolute Gasteiger partial charge is 0.339 e. The summed E-state index contributed by atoms with van der Waals surface area (Å²) in [5.41, 5.74) is 0.891. The van der Waals surface area contributed by atoms with Crippen LogP contribution in [0.3, 0.4) is 0 Å². The second-order valence-corrected chi connectivity index (χ2v) is 7.60. The van der Waals surface area contributed by atoms with Crippen molar-refractivity contribution in [2.45, 2.75) is 31.7 Å². The zero-order valence-corrected chi connectivity index (χ0v) is 14.9. The van der Waals surface area contributed by atoms with Gasteiger partial charge in [-0.3, -0.25) is 4.79 Å². The predicted molar refractivity (Wildman–Crippen MR) is 90.5 cm³/mol. The Labute approximate surface area is 145 Å². The number of carboxylic acids is 1. The number of benzene rings is 1. The first-order chi connectivity index (χ1) is 11.6. The van der Waals surface area contributed by atoms with E-state index in [2.05, 4.69) is 5.32 Å². The largest absolute Gasteiger partial charge is 0.478 e. The van der Waals surface area contributed by atoms with Crippen molar-refractivity contribution in [1.82, 2.24) is 5.32 Å². The summed E-state index contributed by atoms with van der Waals surface area (Å²) in [6.07, 6.45) is 1.64. The second-order valence-electron chi connectivity index (χ2n) is 5.62. The summed E-state index contributed by atoms with van der Waals surface area (Å²) in [6.45, 7) is 3.36. The van der Waals surface area contributed by atoms with Gasteiger partial charge in [-0.1, -0.05) is 13.0 Å². The maximum atomic E-state index is 12.3. The van der Waals surface area contributed by atoms with Crippen molar-refractivity contribution < 1.29 is 27.5 Å². The number of aryl methyl sites for hydroxylation is 2. The molecule has 2 rings (SSSR count). The summed E-state index contributed by atoms with van der Waals surface area (Å²) in [6, 6.07) is 5.86. The fraction of sp³-hybridized carbons (Fsp3) is 0.294. The van der Waals surface area contributed by atoms with Gasteiger partial charge in [-0.2, -0.15) is 0 Å². The molecule has 0 atom stereocenters. The standard InChI is InChI=1S/C17H19NO6S/c1-4-11-5-6-12(7-15(11)25(3,22)23)16(19)18-9-13-8-14(17(20)21)10(2)24-13/h5-8H,4,9H2,1-3H3,(H,18,19)(H,20,21). The molecule has 1 aromatic heterocycles. The van der Waals surface area contributed by atoms with E-state index in [1.165, 1.54) is 19.1 Å². The molecule has 0 spiro atoms. The molecule has 0 fully saturated rings. The van der Waals surface area contributed by atoms with Gasteiger partial charge in [0.15, 0.2) is 9.84 Å². The highest BCUT2D eigenvalue weighted by atomic mass is 32.2. The van der Waals surface area contributed by atoms with E-state index < -0.39 is 21.7 Å². The lowest BCUT2D eigenvalue weighted by atomic mass is 10.1. The summed E-state index contributed by atoms with van der Waals surface area (Å²) in [5.74, 6) is -1.02. The minimum Gasteiger partial charge on any atom is -0.478 e. The van der Waals surface area contributed by atoms with Crippen molar-refractivity contribution in [2.75, 3.05) is 6.26 Å². The third kappa shape index (κ3) is 4.27. The fourth-order valence-corrected chi connectivity index (χ4v) is 3.48. The molecule has 1 amide bonds. The molecular weight excluding hydrogens is 346 g/mol. The van der Waals surface area contributed by atoms with Gasteiger partial charge in [-0.15, -0.1) is 0 Å². The quantitative estimate of drug-likeness (QED) is 0.811. The van der Waals surface area contributed by atoms with E-state index in [0.29, 0.717) is 17.7 Å². The molecule has 0 bridgehead atoms. The van der Waals surface area contributed by atoms with E-state index in [0.717, 1.165) is 6.26 Å². The Bertz CT molecular complexity index is 927. The molecule has 0 aliphatic rings. The van der Waals surface area contributed by atoms with Crippen LogP contribution in [0.2, 0.25) is 0 Å². The van der Waals surface area contributed by atoms with Crippen LogP contribution < -0.4 is 5.32 Å². The van der Waals surface area contributed by atoms with E-state index in [4.69, 9.17) is 9.52 Å². The zero-order chi connectivity index (χ0) is 18.8. The highest BCUT2D eigenvalue weighted by Crippen LogP contribution is 2.19. The number of furan rings is 1. The first-order valence-electron chi connectivity index (χ1n) is 7.57. The molecule has 1 heterocycles. The van der Waals surface area contributed by atoms with Gasteiger partial charge in [-0.25, -0.2) is 13.2 Å². The average Bonchev–Trinajstić information content (AvgIpc) is 2.92. The lowest BCUT2D eigenvalue weighted by Gasteiger charge is -2.09. The molecule has 2 aromatic rings. The number of sulfone groups is 1. The topological polar surface area (TPSA) is 114 Å². The molecule has 0 aliphatic heterocycles. The molecule has 25 heavy (non-hydrogen) atoms. The number of rotatable bonds is 6. The van der Waals surface area contributed by atoms with Crippen molar-refractivity contribution in [2.24, 2.45) is 0 Å². The molecule has 134 valence electrons. The Balaban J connectivity index is 2.19. The number of carbonyl (C=O) groups is 2. The SMILES string of the molecule is CCc1ccc(C(=O)NCc2cc(C(=O)O)c(C)o2)cc1S(C)(=O)=O. The maximum Gasteiger partial charge on any atom is 0.339 e. The third-order valence-electron chi connectivity index (χ3n) is 3.73. The summed E-state index contributed by atoms with van der Waals surface area (Å²) < 4.78 is 29.0. The van der Waals surface area contributed by atoms with Gasteiger partial charge in [0, 0.05) is 11.8 Å². The number of hydrogen-bond acceptors (Lipinski definition) is 5. The summed E-state index contributed by atoms with van der Waals surface area (Å²) in [7, 11) is -3.44. The fourth-order valence-electron chi connectivity index (χ4n) is 2.45. The first kappa shape index (κ1) is 18.7. The van der Waals surface area contributed by atoms with E-state index >= 15 is 0 Å². The highest BCUT2D eigenvalue weighted by molar-refractivity contribution is 7.90. The minimum absolute atomic E-state index is 0.00328. The number of carbonyl (C=O) groups excluding carboxylic acids is 1. The van der Waals surface area contributed by atoms with Gasteiger partial charge < -0.3 is 14.8 Å². The summed E-state index contributed by atoms with van der Waals surface area (Å²) in [5, 5.41) is 11.6.